The first kappa shape index (κ1) is 23.5. The molecule has 0 bridgehead atoms. The van der Waals surface area contributed by atoms with Gasteiger partial charge in [0.15, 0.2) is 11.6 Å². The molecule has 0 aliphatic rings. The third-order valence-electron chi connectivity index (χ3n) is 9.17. The molecule has 10 aromatic rings. The second-order valence-electron chi connectivity index (χ2n) is 12.1. The number of benzene rings is 7. The van der Waals surface area contributed by atoms with Crippen molar-refractivity contribution in [1.29, 1.82) is 0 Å². The highest BCUT2D eigenvalue weighted by atomic mass is 16.3. The summed E-state index contributed by atoms with van der Waals surface area (Å²) in [6.07, 6.45) is 0. The van der Waals surface area contributed by atoms with Crippen molar-refractivity contribution in [2.75, 3.05) is 0 Å². The largest absolute Gasteiger partial charge is 0.456 e. The first-order valence-electron chi connectivity index (χ1n) is 18.8. The van der Waals surface area contributed by atoms with Crippen LogP contribution < -0.4 is 0 Å². The molecule has 0 spiro atoms. The van der Waals surface area contributed by atoms with Crippen LogP contribution >= 0.6 is 0 Å². The van der Waals surface area contributed by atoms with Gasteiger partial charge in [0.05, 0.1) is 17.9 Å². The Kier molecular flexibility index (Phi) is 5.35. The molecule has 0 amide bonds. The summed E-state index contributed by atoms with van der Waals surface area (Å²) in [7, 11) is 0. The zero-order valence-corrected chi connectivity index (χ0v) is 26.5. The van der Waals surface area contributed by atoms with E-state index in [0.29, 0.717) is 34.3 Å². The van der Waals surface area contributed by atoms with Crippen LogP contribution in [0.5, 0.6) is 0 Å². The molecule has 0 saturated carbocycles. The van der Waals surface area contributed by atoms with Gasteiger partial charge >= 0.3 is 0 Å². The van der Waals surface area contributed by atoms with Gasteiger partial charge in [-0.05, 0) is 46.5 Å². The molecule has 5 nitrogen and oxygen atoms in total. The fraction of sp³-hybridized carbons (Fsp3) is 0. The fourth-order valence-electron chi connectivity index (χ4n) is 6.95. The maximum atomic E-state index is 8.71. The van der Waals surface area contributed by atoms with Crippen molar-refractivity contribution < 1.29 is 11.3 Å². The van der Waals surface area contributed by atoms with Crippen LogP contribution in [0.25, 0.3) is 94.7 Å². The van der Waals surface area contributed by atoms with Gasteiger partial charge in [0.25, 0.3) is 0 Å². The SMILES string of the molecule is [2H]c1c([2H])c([2H])c(-c2ccc3c4ccccc4n(-c4nc(-c5ccccc5)nc(-c5cccc6oc7cccc(-c8ccccc8)c7c56)n4)c3c2)c([2H])c1[2H]. The lowest BCUT2D eigenvalue weighted by molar-refractivity contribution is 0.669. The Morgan fingerprint density at radius 2 is 1.10 bits per heavy atom. The number of hydrogen-bond donors (Lipinski definition) is 0. The van der Waals surface area contributed by atoms with Crippen LogP contribution in [0, 0.1) is 0 Å². The van der Waals surface area contributed by atoms with Gasteiger partial charge in [-0.2, -0.15) is 9.97 Å². The first-order valence-corrected chi connectivity index (χ1v) is 16.3. The molecule has 0 atom stereocenters. The van der Waals surface area contributed by atoms with Crippen LogP contribution in [0.2, 0.25) is 0 Å². The summed E-state index contributed by atoms with van der Waals surface area (Å²) in [5, 5.41) is 3.69. The van der Waals surface area contributed by atoms with Crippen molar-refractivity contribution in [3.8, 4) is 51.0 Å². The van der Waals surface area contributed by atoms with E-state index < -0.39 is 6.04 Å². The molecule has 50 heavy (non-hydrogen) atoms. The molecule has 0 radical (unpaired) electrons. The van der Waals surface area contributed by atoms with Gasteiger partial charge in [-0.1, -0.05) is 145 Å². The van der Waals surface area contributed by atoms with E-state index in [4.69, 9.17) is 26.2 Å². The zero-order valence-electron chi connectivity index (χ0n) is 31.5. The Bertz CT molecular complexity index is 3130. The van der Waals surface area contributed by atoms with Crippen molar-refractivity contribution in [3.05, 3.63) is 170 Å². The van der Waals surface area contributed by atoms with Gasteiger partial charge in [-0.25, -0.2) is 4.98 Å². The number of rotatable bonds is 5. The van der Waals surface area contributed by atoms with Crippen LogP contribution in [0.3, 0.4) is 0 Å². The van der Waals surface area contributed by atoms with Crippen molar-refractivity contribution in [1.82, 2.24) is 19.5 Å². The Morgan fingerprint density at radius 1 is 0.460 bits per heavy atom. The Hall–Kier alpha value is -6.85. The summed E-state index contributed by atoms with van der Waals surface area (Å²) in [5.74, 6) is 1.29. The molecular formula is C45H28N4O. The smallest absolute Gasteiger partial charge is 0.238 e. The predicted octanol–water partition coefficient (Wildman–Crippen LogP) is 11.5. The topological polar surface area (TPSA) is 56.7 Å². The number of para-hydroxylation sites is 1. The Labute approximate surface area is 294 Å². The quantitative estimate of drug-likeness (QED) is 0.187. The lowest BCUT2D eigenvalue weighted by Crippen LogP contribution is -2.06. The summed E-state index contributed by atoms with van der Waals surface area (Å²) in [6.45, 7) is 0. The lowest BCUT2D eigenvalue weighted by atomic mass is 9.97. The maximum absolute atomic E-state index is 8.71. The van der Waals surface area contributed by atoms with Gasteiger partial charge in [0.1, 0.15) is 11.2 Å². The van der Waals surface area contributed by atoms with E-state index >= 15 is 0 Å². The highest BCUT2D eigenvalue weighted by Crippen LogP contribution is 2.41. The minimum atomic E-state index is -0.434. The van der Waals surface area contributed by atoms with E-state index in [-0.39, 0.29) is 29.7 Å². The van der Waals surface area contributed by atoms with Gasteiger partial charge in [0, 0.05) is 32.7 Å². The van der Waals surface area contributed by atoms with Crippen LogP contribution in [-0.4, -0.2) is 19.5 Å². The van der Waals surface area contributed by atoms with E-state index in [0.717, 1.165) is 54.9 Å². The Balaban J connectivity index is 1.28. The van der Waals surface area contributed by atoms with Crippen molar-refractivity contribution >= 4 is 43.7 Å². The van der Waals surface area contributed by atoms with Crippen molar-refractivity contribution in [2.24, 2.45) is 0 Å². The molecule has 3 aromatic heterocycles. The first-order chi connectivity index (χ1) is 26.9. The molecule has 0 aliphatic heterocycles. The molecular weight excluding hydrogens is 613 g/mol. The molecule has 0 fully saturated rings. The number of fused-ring (bicyclic) bond motifs is 6. The van der Waals surface area contributed by atoms with Crippen LogP contribution in [0.1, 0.15) is 6.85 Å². The summed E-state index contributed by atoms with van der Waals surface area (Å²) < 4.78 is 50.7. The number of nitrogens with zero attached hydrogens (tertiary/aromatic N) is 4. The lowest BCUT2D eigenvalue weighted by Gasteiger charge is -2.12. The fourth-order valence-corrected chi connectivity index (χ4v) is 6.95. The van der Waals surface area contributed by atoms with E-state index in [1.165, 1.54) is 0 Å². The van der Waals surface area contributed by atoms with Crippen LogP contribution in [0.15, 0.2) is 174 Å². The van der Waals surface area contributed by atoms with Crippen LogP contribution in [-0.2, 0) is 0 Å². The molecule has 5 heteroatoms. The summed E-state index contributed by atoms with van der Waals surface area (Å²) in [4.78, 5) is 15.4. The molecule has 0 saturated heterocycles. The van der Waals surface area contributed by atoms with E-state index in [1.54, 1.807) is 6.07 Å². The molecule has 234 valence electrons. The van der Waals surface area contributed by atoms with Crippen molar-refractivity contribution in [2.45, 2.75) is 0 Å². The van der Waals surface area contributed by atoms with E-state index in [9.17, 15) is 0 Å². The van der Waals surface area contributed by atoms with Crippen molar-refractivity contribution in [3.63, 3.8) is 0 Å². The molecule has 10 rings (SSSR count). The standard InChI is InChI=1S/C45H28N4O/c1-4-14-29(15-5-1)32-26-27-35-34-20-10-11-23-37(34)49(38(35)28-32)45-47-43(31-18-8-3-9-19-31)46-44(48-45)36-22-13-25-40-42(36)41-33(21-12-24-39(41)50-40)30-16-6-2-7-17-30/h1-28H/i1D,4D,5D,14D,15D. The number of aromatic nitrogens is 4. The summed E-state index contributed by atoms with van der Waals surface area (Å²) in [6, 6.07) is 43.8. The van der Waals surface area contributed by atoms with Crippen LogP contribution in [0.4, 0.5) is 0 Å². The summed E-state index contributed by atoms with van der Waals surface area (Å²) in [5.41, 5.74) is 7.29. The minimum absolute atomic E-state index is 0.124. The number of hydrogen-bond acceptors (Lipinski definition) is 4. The average molecular weight is 646 g/mol. The predicted molar refractivity (Wildman–Crippen MR) is 203 cm³/mol. The minimum Gasteiger partial charge on any atom is -0.456 e. The molecule has 7 aromatic carbocycles. The van der Waals surface area contributed by atoms with Gasteiger partial charge < -0.3 is 4.42 Å². The second-order valence-corrected chi connectivity index (χ2v) is 12.1. The highest BCUT2D eigenvalue weighted by Gasteiger charge is 2.22. The van der Waals surface area contributed by atoms with Gasteiger partial charge in [-0.15, -0.1) is 0 Å². The molecule has 0 N–H and O–H groups in total. The molecule has 0 aliphatic carbocycles. The monoisotopic (exact) mass is 645 g/mol. The zero-order chi connectivity index (χ0) is 37.4. The third-order valence-corrected chi connectivity index (χ3v) is 9.17. The summed E-state index contributed by atoms with van der Waals surface area (Å²) >= 11 is 0. The third kappa shape index (κ3) is 4.52. The van der Waals surface area contributed by atoms with E-state index in [1.807, 2.05) is 120 Å². The number of furan rings is 1. The normalized spacial score (nSPS) is 13.0. The second kappa shape index (κ2) is 11.4. The molecule has 0 unspecified atom stereocenters. The average Bonchev–Trinajstić information content (AvgIpc) is 3.78. The highest BCUT2D eigenvalue weighted by molar-refractivity contribution is 6.17. The van der Waals surface area contributed by atoms with Gasteiger partial charge in [0.2, 0.25) is 5.95 Å². The Morgan fingerprint density at radius 3 is 1.88 bits per heavy atom. The van der Waals surface area contributed by atoms with Gasteiger partial charge in [-0.3, -0.25) is 4.57 Å². The molecule has 3 heterocycles. The maximum Gasteiger partial charge on any atom is 0.238 e. The van der Waals surface area contributed by atoms with E-state index in [2.05, 4.69) is 18.2 Å².